The van der Waals surface area contributed by atoms with Gasteiger partial charge < -0.3 is 11.5 Å². The Morgan fingerprint density at radius 1 is 1.10 bits per heavy atom. The lowest BCUT2D eigenvalue weighted by Gasteiger charge is -2.18. The minimum atomic E-state index is -0.550. The molecule has 1 amide bonds. The molecule has 0 aliphatic heterocycles. The van der Waals surface area contributed by atoms with Crippen LogP contribution in [0.15, 0.2) is 90.0 Å². The Balaban J connectivity index is 1.79. The van der Waals surface area contributed by atoms with Crippen molar-refractivity contribution in [3.05, 3.63) is 112 Å². The number of rotatable bonds is 7. The van der Waals surface area contributed by atoms with E-state index in [4.69, 9.17) is 16.6 Å². The molecular weight excluding hydrogens is 502 g/mol. The number of anilines is 1. The number of carbonyl (C=O) groups is 1. The quantitative estimate of drug-likeness (QED) is 0.289. The number of aryl methyl sites for hydroxylation is 1. The van der Waals surface area contributed by atoms with E-state index in [-0.39, 0.29) is 17.9 Å². The molecule has 200 valence electrons. The summed E-state index contributed by atoms with van der Waals surface area (Å²) in [5.74, 6) is -0.302. The topological polar surface area (TPSA) is 135 Å². The average molecular weight is 532 g/mol. The van der Waals surface area contributed by atoms with Crippen LogP contribution in [-0.4, -0.2) is 30.2 Å². The van der Waals surface area contributed by atoms with Crippen molar-refractivity contribution >= 4 is 39.2 Å². The molecule has 0 unspecified atom stereocenters. The third-order valence-corrected chi connectivity index (χ3v) is 6.75. The fraction of sp³-hybridized carbons (Fsp3) is 0.129. The van der Waals surface area contributed by atoms with Crippen molar-refractivity contribution in [2.45, 2.75) is 27.3 Å². The zero-order valence-electron chi connectivity index (χ0n) is 22.5. The van der Waals surface area contributed by atoms with E-state index in [0.29, 0.717) is 44.6 Å². The molecule has 0 spiro atoms. The Bertz CT molecular complexity index is 1940. The van der Waals surface area contributed by atoms with E-state index in [0.717, 1.165) is 16.5 Å². The molecule has 0 saturated carbocycles. The molecular formula is C31H29N7O2. The number of pyridine rings is 1. The molecule has 3 aromatic heterocycles. The molecule has 4 N–H and O–H groups in total. The molecule has 2 aromatic carbocycles. The van der Waals surface area contributed by atoms with Gasteiger partial charge in [-0.25, -0.2) is 14.6 Å². The summed E-state index contributed by atoms with van der Waals surface area (Å²) in [6.45, 7) is 10.1. The summed E-state index contributed by atoms with van der Waals surface area (Å²) < 4.78 is 3.38. The van der Waals surface area contributed by atoms with Gasteiger partial charge in [-0.15, -0.1) is 0 Å². The molecule has 40 heavy (non-hydrogen) atoms. The highest BCUT2D eigenvalue weighted by Crippen LogP contribution is 2.31. The fourth-order valence-corrected chi connectivity index (χ4v) is 4.88. The number of nitrogens with zero attached hydrogens (tertiary/aromatic N) is 5. The minimum absolute atomic E-state index is 0.149. The summed E-state index contributed by atoms with van der Waals surface area (Å²) >= 11 is 0. The van der Waals surface area contributed by atoms with Crippen LogP contribution in [0.2, 0.25) is 0 Å². The number of nitrogen functional groups attached to an aromatic ring is 1. The van der Waals surface area contributed by atoms with Gasteiger partial charge in [-0.3, -0.25) is 14.2 Å². The first-order chi connectivity index (χ1) is 19.2. The first kappa shape index (κ1) is 26.3. The van der Waals surface area contributed by atoms with Gasteiger partial charge in [0.05, 0.1) is 23.0 Å². The zero-order chi connectivity index (χ0) is 28.6. The average Bonchev–Trinajstić information content (AvgIpc) is 3.29. The van der Waals surface area contributed by atoms with E-state index in [2.05, 4.69) is 16.5 Å². The Morgan fingerprint density at radius 3 is 2.60 bits per heavy atom. The van der Waals surface area contributed by atoms with Crippen LogP contribution in [-0.2, 0) is 6.54 Å². The molecule has 0 aliphatic rings. The molecule has 0 atom stereocenters. The second-order valence-corrected chi connectivity index (χ2v) is 9.58. The number of nitrogens with two attached hydrogens (primary N) is 2. The van der Waals surface area contributed by atoms with E-state index >= 15 is 0 Å². The van der Waals surface area contributed by atoms with Crippen LogP contribution < -0.4 is 17.0 Å². The third-order valence-electron chi connectivity index (χ3n) is 6.75. The maximum Gasteiger partial charge on any atom is 0.263 e. The monoisotopic (exact) mass is 531 g/mol. The van der Waals surface area contributed by atoms with Crippen LogP contribution in [0.25, 0.3) is 38.8 Å². The predicted octanol–water partition coefficient (Wildman–Crippen LogP) is 4.84. The highest BCUT2D eigenvalue weighted by molar-refractivity contribution is 6.00. The number of amides is 1. The Hall–Kier alpha value is -5.31. The molecule has 5 aromatic rings. The summed E-state index contributed by atoms with van der Waals surface area (Å²) in [4.78, 5) is 34.6. The van der Waals surface area contributed by atoms with Gasteiger partial charge in [0.1, 0.15) is 17.8 Å². The summed E-state index contributed by atoms with van der Waals surface area (Å²) in [6.07, 6.45) is 7.03. The van der Waals surface area contributed by atoms with Gasteiger partial charge in [-0.2, -0.15) is 5.10 Å². The van der Waals surface area contributed by atoms with E-state index in [1.54, 1.807) is 27.4 Å². The molecule has 9 heteroatoms. The molecule has 3 heterocycles. The standard InChI is InChI=1S/C31H29N7O2/c1-5-6-13-24(18(2)3)38-23(15-20-10-7-9-19(4)25(20)31(38)40)16-37-30-26(28(32)34-17-35-30)27(36-37)21-11-8-12-22(14-21)29(33)39/h5-15,17H,2,16H2,1,3-4H3,(H2,33,39)(H2,32,34,35)/b6-5-,24-13+. The van der Waals surface area contributed by atoms with Crippen molar-refractivity contribution in [3.8, 4) is 11.3 Å². The third kappa shape index (κ3) is 4.58. The second kappa shape index (κ2) is 10.5. The van der Waals surface area contributed by atoms with Crippen LogP contribution >= 0.6 is 0 Å². The highest BCUT2D eigenvalue weighted by Gasteiger charge is 2.21. The predicted molar refractivity (Wildman–Crippen MR) is 160 cm³/mol. The maximum atomic E-state index is 14.1. The van der Waals surface area contributed by atoms with Crippen LogP contribution in [0.1, 0.15) is 35.5 Å². The Labute approximate surface area is 230 Å². The normalized spacial score (nSPS) is 12.0. The molecule has 0 fully saturated rings. The van der Waals surface area contributed by atoms with Crippen LogP contribution in [0.3, 0.4) is 0 Å². The number of benzene rings is 2. The van der Waals surface area contributed by atoms with Gasteiger partial charge >= 0.3 is 0 Å². The number of primary amides is 1. The maximum absolute atomic E-state index is 14.1. The molecule has 0 radical (unpaired) electrons. The SMILES string of the molecule is C=C(C)/C(=C\C=C/C)n1c(Cn2nc(-c3cccc(C(N)=O)c3)c3c(N)ncnc32)cc2cccc(C)c2c1=O. The van der Waals surface area contributed by atoms with Gasteiger partial charge in [0.2, 0.25) is 5.91 Å². The number of fused-ring (bicyclic) bond motifs is 2. The summed E-state index contributed by atoms with van der Waals surface area (Å²) in [6, 6.07) is 14.6. The van der Waals surface area contributed by atoms with E-state index in [1.807, 2.05) is 69.3 Å². The summed E-state index contributed by atoms with van der Waals surface area (Å²) in [7, 11) is 0. The van der Waals surface area contributed by atoms with Crippen molar-refractivity contribution in [1.82, 2.24) is 24.3 Å². The van der Waals surface area contributed by atoms with Crippen molar-refractivity contribution in [3.63, 3.8) is 0 Å². The van der Waals surface area contributed by atoms with E-state index < -0.39 is 5.91 Å². The lowest BCUT2D eigenvalue weighted by molar-refractivity contribution is 0.100. The number of hydrogen-bond acceptors (Lipinski definition) is 6. The van der Waals surface area contributed by atoms with Crippen molar-refractivity contribution in [2.24, 2.45) is 5.73 Å². The van der Waals surface area contributed by atoms with Crippen molar-refractivity contribution < 1.29 is 4.79 Å². The summed E-state index contributed by atoms with van der Waals surface area (Å²) in [5, 5.41) is 6.86. The lowest BCUT2D eigenvalue weighted by atomic mass is 10.1. The fourth-order valence-electron chi connectivity index (χ4n) is 4.88. The Kier molecular flexibility index (Phi) is 6.87. The summed E-state index contributed by atoms with van der Waals surface area (Å²) in [5.41, 5.74) is 16.6. The molecule has 0 aliphatic carbocycles. The van der Waals surface area contributed by atoms with Gasteiger partial charge in [-0.05, 0) is 61.6 Å². The van der Waals surface area contributed by atoms with Crippen LogP contribution in [0.5, 0.6) is 0 Å². The van der Waals surface area contributed by atoms with Gasteiger partial charge in [-0.1, -0.05) is 49.1 Å². The zero-order valence-corrected chi connectivity index (χ0v) is 22.5. The van der Waals surface area contributed by atoms with Crippen LogP contribution in [0, 0.1) is 6.92 Å². The first-order valence-electron chi connectivity index (χ1n) is 12.7. The van der Waals surface area contributed by atoms with Crippen molar-refractivity contribution in [1.29, 1.82) is 0 Å². The number of aromatic nitrogens is 5. The van der Waals surface area contributed by atoms with Gasteiger partial charge in [0, 0.05) is 16.8 Å². The number of carbonyl (C=O) groups excluding carboxylic acids is 1. The van der Waals surface area contributed by atoms with Gasteiger partial charge in [0.25, 0.3) is 5.56 Å². The molecule has 0 bridgehead atoms. The Morgan fingerprint density at radius 2 is 1.88 bits per heavy atom. The highest BCUT2D eigenvalue weighted by atomic mass is 16.1. The van der Waals surface area contributed by atoms with E-state index in [1.165, 1.54) is 6.33 Å². The van der Waals surface area contributed by atoms with Crippen molar-refractivity contribution in [2.75, 3.05) is 5.73 Å². The number of hydrogen-bond donors (Lipinski definition) is 2. The van der Waals surface area contributed by atoms with E-state index in [9.17, 15) is 9.59 Å². The molecule has 9 nitrogen and oxygen atoms in total. The minimum Gasteiger partial charge on any atom is -0.383 e. The molecule has 0 saturated heterocycles. The number of allylic oxidation sites excluding steroid dienone is 5. The largest absolute Gasteiger partial charge is 0.383 e. The van der Waals surface area contributed by atoms with Gasteiger partial charge in [0.15, 0.2) is 5.65 Å². The van der Waals surface area contributed by atoms with Crippen LogP contribution in [0.4, 0.5) is 5.82 Å². The smallest absolute Gasteiger partial charge is 0.263 e. The molecule has 5 rings (SSSR count). The second-order valence-electron chi connectivity index (χ2n) is 9.58. The first-order valence-corrected chi connectivity index (χ1v) is 12.7. The lowest BCUT2D eigenvalue weighted by Crippen LogP contribution is -2.25.